The van der Waals surface area contributed by atoms with Gasteiger partial charge in [0.15, 0.2) is 0 Å². The van der Waals surface area contributed by atoms with Gasteiger partial charge in [-0.05, 0) is 34.1 Å². The molecule has 4 heteroatoms. The normalized spacial score (nSPS) is 9.83. The minimum absolute atomic E-state index is 0.286. The van der Waals surface area contributed by atoms with Gasteiger partial charge in [0.1, 0.15) is 12.1 Å². The number of carbonyl (C=O) groups excluding carboxylic acids is 1. The number of thioether (sulfide) groups is 1. The first-order chi connectivity index (χ1) is 5.74. The lowest BCUT2D eigenvalue weighted by atomic mass is 10.3. The minimum Gasteiger partial charge on any atom is -0.302 e. The zero-order chi connectivity index (χ0) is 8.97. The van der Waals surface area contributed by atoms with Gasteiger partial charge >= 0.3 is 0 Å². The van der Waals surface area contributed by atoms with Gasteiger partial charge in [-0.15, -0.1) is 11.8 Å². The summed E-state index contributed by atoms with van der Waals surface area (Å²) in [6.45, 7) is 0. The van der Waals surface area contributed by atoms with Crippen LogP contribution in [0.15, 0.2) is 27.6 Å². The zero-order valence-electron chi connectivity index (χ0n) is 6.09. The molecule has 1 rings (SSSR count). The van der Waals surface area contributed by atoms with Crippen LogP contribution in [0.5, 0.6) is 0 Å². The lowest BCUT2D eigenvalue weighted by Crippen LogP contribution is -1.82. The van der Waals surface area contributed by atoms with Crippen molar-refractivity contribution < 1.29 is 9.18 Å². The molecule has 1 nitrogen and oxygen atoms in total. The number of benzene rings is 1. The van der Waals surface area contributed by atoms with E-state index in [2.05, 4.69) is 15.9 Å². The van der Waals surface area contributed by atoms with E-state index in [1.807, 2.05) is 0 Å². The number of rotatable bonds is 3. The molecule has 0 atom stereocenters. The standard InChI is InChI=1S/C8H6BrFOS/c9-7-2-1-6(10)5-8(7)12-4-3-11/h1-3,5H,4H2. The minimum atomic E-state index is -0.286. The van der Waals surface area contributed by atoms with Gasteiger partial charge in [0, 0.05) is 9.37 Å². The number of carbonyl (C=O) groups is 1. The highest BCUT2D eigenvalue weighted by atomic mass is 79.9. The first-order valence-corrected chi connectivity index (χ1v) is 5.03. The van der Waals surface area contributed by atoms with Crippen LogP contribution < -0.4 is 0 Å². The van der Waals surface area contributed by atoms with Crippen molar-refractivity contribution >= 4 is 34.0 Å². The smallest absolute Gasteiger partial charge is 0.130 e. The van der Waals surface area contributed by atoms with E-state index in [1.54, 1.807) is 6.07 Å². The summed E-state index contributed by atoms with van der Waals surface area (Å²) in [6, 6.07) is 4.40. The van der Waals surface area contributed by atoms with Crippen molar-refractivity contribution in [1.29, 1.82) is 0 Å². The van der Waals surface area contributed by atoms with Gasteiger partial charge in [-0.25, -0.2) is 4.39 Å². The maximum absolute atomic E-state index is 12.7. The molecule has 64 valence electrons. The molecule has 0 saturated heterocycles. The average Bonchev–Trinajstić information content (AvgIpc) is 2.07. The van der Waals surface area contributed by atoms with Crippen LogP contribution in [-0.4, -0.2) is 12.0 Å². The van der Waals surface area contributed by atoms with E-state index in [-0.39, 0.29) is 5.82 Å². The first kappa shape index (κ1) is 9.74. The molecule has 1 aromatic rings. The Morgan fingerprint density at radius 2 is 2.33 bits per heavy atom. The SMILES string of the molecule is O=CCSc1cc(F)ccc1Br. The first-order valence-electron chi connectivity index (χ1n) is 3.25. The summed E-state index contributed by atoms with van der Waals surface area (Å²) in [7, 11) is 0. The van der Waals surface area contributed by atoms with Crippen LogP contribution in [0.2, 0.25) is 0 Å². The summed E-state index contributed by atoms with van der Waals surface area (Å²) in [5.74, 6) is 0.0637. The molecule has 0 saturated carbocycles. The third-order valence-corrected chi connectivity index (χ3v) is 3.11. The monoisotopic (exact) mass is 248 g/mol. The van der Waals surface area contributed by atoms with E-state index < -0.39 is 0 Å². The predicted molar refractivity (Wildman–Crippen MR) is 50.9 cm³/mol. The van der Waals surface area contributed by atoms with Gasteiger partial charge in [-0.1, -0.05) is 0 Å². The number of hydrogen-bond acceptors (Lipinski definition) is 2. The lowest BCUT2D eigenvalue weighted by Gasteiger charge is -2.00. The predicted octanol–water partition coefficient (Wildman–Crippen LogP) is 2.88. The Labute approximate surface area is 82.5 Å². The van der Waals surface area contributed by atoms with E-state index >= 15 is 0 Å². The molecule has 0 heterocycles. The van der Waals surface area contributed by atoms with Crippen LogP contribution in [0.4, 0.5) is 4.39 Å². The second kappa shape index (κ2) is 4.62. The topological polar surface area (TPSA) is 17.1 Å². The van der Waals surface area contributed by atoms with E-state index in [4.69, 9.17) is 0 Å². The Morgan fingerprint density at radius 3 is 3.00 bits per heavy atom. The maximum atomic E-state index is 12.7. The molecular formula is C8H6BrFOS. The van der Waals surface area contributed by atoms with Gasteiger partial charge < -0.3 is 4.79 Å². The highest BCUT2D eigenvalue weighted by Gasteiger charge is 2.01. The molecule has 1 aromatic carbocycles. The largest absolute Gasteiger partial charge is 0.302 e. The third kappa shape index (κ3) is 2.60. The van der Waals surface area contributed by atoms with Gasteiger partial charge in [-0.3, -0.25) is 0 Å². The maximum Gasteiger partial charge on any atom is 0.130 e. The van der Waals surface area contributed by atoms with E-state index in [0.717, 1.165) is 15.7 Å². The lowest BCUT2D eigenvalue weighted by molar-refractivity contribution is -0.105. The molecule has 0 amide bonds. The third-order valence-electron chi connectivity index (χ3n) is 1.20. The van der Waals surface area contributed by atoms with Crippen LogP contribution in [0.25, 0.3) is 0 Å². The quantitative estimate of drug-likeness (QED) is 0.605. The van der Waals surface area contributed by atoms with Gasteiger partial charge in [0.2, 0.25) is 0 Å². The molecule has 0 fully saturated rings. The number of hydrogen-bond donors (Lipinski definition) is 0. The number of halogens is 2. The Bertz CT molecular complexity index is 290. The Balaban J connectivity index is 2.82. The summed E-state index contributed by atoms with van der Waals surface area (Å²) >= 11 is 4.56. The van der Waals surface area contributed by atoms with Gasteiger partial charge in [0.25, 0.3) is 0 Å². The summed E-state index contributed by atoms with van der Waals surface area (Å²) in [5.41, 5.74) is 0. The summed E-state index contributed by atoms with van der Waals surface area (Å²) in [4.78, 5) is 10.8. The van der Waals surface area contributed by atoms with Crippen molar-refractivity contribution in [3.05, 3.63) is 28.5 Å². The van der Waals surface area contributed by atoms with Crippen molar-refractivity contribution in [2.45, 2.75) is 4.90 Å². The molecule has 0 unspecified atom stereocenters. The molecule has 0 aliphatic carbocycles. The second-order valence-electron chi connectivity index (χ2n) is 2.05. The van der Waals surface area contributed by atoms with E-state index in [1.165, 1.54) is 23.9 Å². The Kier molecular flexibility index (Phi) is 3.75. The van der Waals surface area contributed by atoms with Crippen molar-refractivity contribution in [1.82, 2.24) is 0 Å². The van der Waals surface area contributed by atoms with Crippen molar-refractivity contribution in [3.63, 3.8) is 0 Å². The van der Waals surface area contributed by atoms with Crippen LogP contribution in [0.3, 0.4) is 0 Å². The molecular weight excluding hydrogens is 243 g/mol. The van der Waals surface area contributed by atoms with Crippen LogP contribution >= 0.6 is 27.7 Å². The molecule has 0 radical (unpaired) electrons. The molecule has 0 aliphatic rings. The highest BCUT2D eigenvalue weighted by Crippen LogP contribution is 2.27. The summed E-state index contributed by atoms with van der Waals surface area (Å²) in [5, 5.41) is 0. The summed E-state index contributed by atoms with van der Waals surface area (Å²) in [6.07, 6.45) is 0.794. The molecule has 12 heavy (non-hydrogen) atoms. The molecule has 0 aromatic heterocycles. The Hall–Kier alpha value is -0.350. The molecule has 0 bridgehead atoms. The van der Waals surface area contributed by atoms with Crippen LogP contribution in [0, 0.1) is 5.82 Å². The van der Waals surface area contributed by atoms with E-state index in [9.17, 15) is 9.18 Å². The van der Waals surface area contributed by atoms with Crippen LogP contribution in [0.1, 0.15) is 0 Å². The summed E-state index contributed by atoms with van der Waals surface area (Å²) < 4.78 is 13.5. The molecule has 0 N–H and O–H groups in total. The second-order valence-corrected chi connectivity index (χ2v) is 3.97. The fourth-order valence-corrected chi connectivity index (χ4v) is 1.95. The van der Waals surface area contributed by atoms with Gasteiger partial charge in [-0.2, -0.15) is 0 Å². The fraction of sp³-hybridized carbons (Fsp3) is 0.125. The van der Waals surface area contributed by atoms with Gasteiger partial charge in [0.05, 0.1) is 5.75 Å². The zero-order valence-corrected chi connectivity index (χ0v) is 8.49. The van der Waals surface area contributed by atoms with Crippen molar-refractivity contribution in [2.24, 2.45) is 0 Å². The van der Waals surface area contributed by atoms with Crippen LogP contribution in [-0.2, 0) is 4.79 Å². The fourth-order valence-electron chi connectivity index (χ4n) is 0.712. The highest BCUT2D eigenvalue weighted by molar-refractivity contribution is 9.10. The van der Waals surface area contributed by atoms with E-state index in [0.29, 0.717) is 5.75 Å². The molecule has 0 aliphatic heterocycles. The number of aldehydes is 1. The van der Waals surface area contributed by atoms with Crippen molar-refractivity contribution in [2.75, 3.05) is 5.75 Å². The average molecular weight is 249 g/mol. The molecule has 0 spiro atoms. The van der Waals surface area contributed by atoms with Crippen molar-refractivity contribution in [3.8, 4) is 0 Å². The Morgan fingerprint density at radius 1 is 1.58 bits per heavy atom.